The van der Waals surface area contributed by atoms with Crippen molar-refractivity contribution < 1.29 is 48.0 Å². The Morgan fingerprint density at radius 3 is 2.05 bits per heavy atom. The van der Waals surface area contributed by atoms with Crippen LogP contribution in [0.15, 0.2) is 79.4 Å². The monoisotopic (exact) mass is 552 g/mol. The van der Waals surface area contributed by atoms with E-state index in [2.05, 4.69) is 13.2 Å². The highest BCUT2D eigenvalue weighted by molar-refractivity contribution is 6.06. The summed E-state index contributed by atoms with van der Waals surface area (Å²) in [5, 5.41) is 8.82. The minimum Gasteiger partial charge on any atom is -0.493 e. The normalized spacial score (nSPS) is 10.4. The molecular weight excluding hydrogens is 520 g/mol. The first-order valence-corrected chi connectivity index (χ1v) is 12.5. The number of unbranched alkanes of at least 4 members (excludes halogenated alkanes) is 1. The van der Waals surface area contributed by atoms with E-state index in [9.17, 15) is 19.2 Å². The van der Waals surface area contributed by atoms with Gasteiger partial charge in [-0.2, -0.15) is 0 Å². The molecule has 10 nitrogen and oxygen atoms in total. The van der Waals surface area contributed by atoms with Crippen LogP contribution in [-0.4, -0.2) is 62.0 Å². The molecule has 0 atom stereocenters. The molecule has 0 unspecified atom stereocenters. The van der Waals surface area contributed by atoms with Gasteiger partial charge in [-0.15, -0.1) is 0 Å². The number of allylic oxidation sites excluding steroid dienone is 1. The molecule has 0 bridgehead atoms. The van der Waals surface area contributed by atoms with Crippen molar-refractivity contribution >= 4 is 30.0 Å². The van der Waals surface area contributed by atoms with Crippen molar-refractivity contribution in [2.24, 2.45) is 0 Å². The van der Waals surface area contributed by atoms with Crippen LogP contribution < -0.4 is 9.47 Å². The molecule has 1 N–H and O–H groups in total. The first-order valence-electron chi connectivity index (χ1n) is 12.5. The standard InChI is InChI=1S/C30H32O10/c1-3-28(33)37-17-4-5-18-39-30(35)40-26-14-10-24(11-15-26)27(32)16-9-23-7-12-25(13-8-23)36-19-6-20-38-29(34)22(2)21-31/h3,7-16,31H,1-2,4-6,17-21H2/b16-9+. The molecule has 0 aromatic heterocycles. The molecule has 2 rings (SSSR count). The van der Waals surface area contributed by atoms with Gasteiger partial charge in [-0.05, 0) is 60.9 Å². The van der Waals surface area contributed by atoms with Crippen molar-refractivity contribution in [2.45, 2.75) is 19.3 Å². The molecule has 0 fully saturated rings. The highest BCUT2D eigenvalue weighted by Crippen LogP contribution is 2.16. The number of rotatable bonds is 17. The number of carbonyl (C=O) groups is 4. The number of carbonyl (C=O) groups excluding carboxylic acids is 4. The maximum absolute atomic E-state index is 12.5. The molecule has 0 heterocycles. The third kappa shape index (κ3) is 12.2. The molecule has 212 valence electrons. The minimum atomic E-state index is -0.873. The number of hydrogen-bond donors (Lipinski definition) is 1. The smallest absolute Gasteiger partial charge is 0.493 e. The molecule has 2 aromatic carbocycles. The van der Waals surface area contributed by atoms with Crippen LogP contribution in [0.1, 0.15) is 35.2 Å². The maximum atomic E-state index is 12.5. The third-order valence-electron chi connectivity index (χ3n) is 5.09. The summed E-state index contributed by atoms with van der Waals surface area (Å²) >= 11 is 0. The van der Waals surface area contributed by atoms with E-state index in [-0.39, 0.29) is 36.9 Å². The van der Waals surface area contributed by atoms with Crippen LogP contribution in [0.4, 0.5) is 4.79 Å². The second-order valence-corrected chi connectivity index (χ2v) is 8.17. The molecule has 0 aliphatic carbocycles. The molecule has 0 radical (unpaired) electrons. The average molecular weight is 553 g/mol. The van der Waals surface area contributed by atoms with Crippen LogP contribution in [0.2, 0.25) is 0 Å². The van der Waals surface area contributed by atoms with Crippen molar-refractivity contribution in [3.8, 4) is 11.5 Å². The van der Waals surface area contributed by atoms with Gasteiger partial charge in [-0.1, -0.05) is 31.4 Å². The van der Waals surface area contributed by atoms with E-state index in [0.717, 1.165) is 11.6 Å². The van der Waals surface area contributed by atoms with Crippen LogP contribution in [-0.2, 0) is 23.8 Å². The zero-order valence-corrected chi connectivity index (χ0v) is 22.0. The van der Waals surface area contributed by atoms with Crippen molar-refractivity contribution in [1.29, 1.82) is 0 Å². The van der Waals surface area contributed by atoms with Crippen LogP contribution in [0.25, 0.3) is 6.08 Å². The Morgan fingerprint density at radius 2 is 1.40 bits per heavy atom. The molecule has 10 heteroatoms. The molecule has 0 aliphatic heterocycles. The summed E-state index contributed by atoms with van der Waals surface area (Å²) in [7, 11) is 0. The van der Waals surface area contributed by atoms with Gasteiger partial charge in [0.2, 0.25) is 0 Å². The topological polar surface area (TPSA) is 135 Å². The van der Waals surface area contributed by atoms with E-state index in [4.69, 9.17) is 28.8 Å². The zero-order chi connectivity index (χ0) is 29.2. The van der Waals surface area contributed by atoms with E-state index in [1.54, 1.807) is 30.3 Å². The Labute approximate surface area is 232 Å². The Bertz CT molecular complexity index is 1180. The van der Waals surface area contributed by atoms with Crippen LogP contribution in [0.5, 0.6) is 11.5 Å². The Hall–Kier alpha value is -4.70. The fourth-order valence-corrected chi connectivity index (χ4v) is 2.93. The fraction of sp³-hybridized carbons (Fsp3) is 0.267. The molecule has 0 amide bonds. The molecule has 40 heavy (non-hydrogen) atoms. The summed E-state index contributed by atoms with van der Waals surface area (Å²) in [6.45, 7) is 7.04. The molecular formula is C30H32O10. The Balaban J connectivity index is 1.69. The first kappa shape index (κ1) is 31.5. The Kier molecular flexibility index (Phi) is 14.0. The number of esters is 2. The van der Waals surface area contributed by atoms with Crippen molar-refractivity contribution in [3.63, 3.8) is 0 Å². The van der Waals surface area contributed by atoms with Crippen LogP contribution >= 0.6 is 0 Å². The van der Waals surface area contributed by atoms with E-state index in [1.807, 2.05) is 0 Å². The quantitative estimate of drug-likeness (QED) is 0.0748. The van der Waals surface area contributed by atoms with Gasteiger partial charge >= 0.3 is 18.1 Å². The highest BCUT2D eigenvalue weighted by Gasteiger charge is 2.09. The lowest BCUT2D eigenvalue weighted by Gasteiger charge is -2.08. The van der Waals surface area contributed by atoms with Gasteiger partial charge < -0.3 is 28.8 Å². The van der Waals surface area contributed by atoms with E-state index >= 15 is 0 Å². The van der Waals surface area contributed by atoms with E-state index < -0.39 is 24.7 Å². The first-order chi connectivity index (χ1) is 19.3. The lowest BCUT2D eigenvalue weighted by molar-refractivity contribution is -0.140. The van der Waals surface area contributed by atoms with Crippen molar-refractivity contribution in [2.75, 3.05) is 33.0 Å². The number of ether oxygens (including phenoxy) is 5. The number of ketones is 1. The van der Waals surface area contributed by atoms with Gasteiger partial charge in [-0.25, -0.2) is 14.4 Å². The summed E-state index contributed by atoms with van der Waals surface area (Å²) in [6, 6.07) is 13.2. The lowest BCUT2D eigenvalue weighted by Crippen LogP contribution is -2.12. The lowest BCUT2D eigenvalue weighted by atomic mass is 10.1. The Morgan fingerprint density at radius 1 is 0.775 bits per heavy atom. The molecule has 0 aliphatic rings. The largest absolute Gasteiger partial charge is 0.513 e. The molecule has 2 aromatic rings. The van der Waals surface area contributed by atoms with Crippen molar-refractivity contribution in [3.05, 3.63) is 90.5 Å². The summed E-state index contributed by atoms with van der Waals surface area (Å²) in [6.07, 6.45) is 4.80. The number of hydrogen-bond acceptors (Lipinski definition) is 10. The molecule has 0 saturated heterocycles. The molecule has 0 saturated carbocycles. The summed E-state index contributed by atoms with van der Waals surface area (Å²) < 4.78 is 25.4. The second-order valence-electron chi connectivity index (χ2n) is 8.17. The SMILES string of the molecule is C=CC(=O)OCCCCOC(=O)Oc1ccc(C(=O)/C=C/c2ccc(OCCCOC(=O)C(=C)CO)cc2)cc1. The number of aliphatic hydroxyl groups excluding tert-OH is 1. The highest BCUT2D eigenvalue weighted by atomic mass is 16.7. The second kappa shape index (κ2) is 17.7. The van der Waals surface area contributed by atoms with Gasteiger partial charge in [0.1, 0.15) is 11.5 Å². The van der Waals surface area contributed by atoms with Crippen LogP contribution in [0.3, 0.4) is 0 Å². The van der Waals surface area contributed by atoms with Gasteiger partial charge in [0.15, 0.2) is 5.78 Å². The van der Waals surface area contributed by atoms with Gasteiger partial charge in [0.25, 0.3) is 0 Å². The average Bonchev–Trinajstić information content (AvgIpc) is 2.97. The minimum absolute atomic E-state index is 0.00208. The predicted molar refractivity (Wildman–Crippen MR) is 146 cm³/mol. The maximum Gasteiger partial charge on any atom is 0.513 e. The van der Waals surface area contributed by atoms with Crippen molar-refractivity contribution in [1.82, 2.24) is 0 Å². The van der Waals surface area contributed by atoms with E-state index in [0.29, 0.717) is 37.2 Å². The summed E-state index contributed by atoms with van der Waals surface area (Å²) in [5.41, 5.74) is 1.20. The van der Waals surface area contributed by atoms with Gasteiger partial charge in [0, 0.05) is 18.1 Å². The molecule has 0 spiro atoms. The summed E-state index contributed by atoms with van der Waals surface area (Å²) in [4.78, 5) is 46.6. The van der Waals surface area contributed by atoms with Gasteiger partial charge in [0.05, 0.1) is 38.6 Å². The zero-order valence-electron chi connectivity index (χ0n) is 22.0. The third-order valence-corrected chi connectivity index (χ3v) is 5.09. The fourth-order valence-electron chi connectivity index (χ4n) is 2.93. The predicted octanol–water partition coefficient (Wildman–Crippen LogP) is 4.47. The number of benzene rings is 2. The van der Waals surface area contributed by atoms with E-state index in [1.165, 1.54) is 30.3 Å². The van der Waals surface area contributed by atoms with Gasteiger partial charge in [-0.3, -0.25) is 4.79 Å². The number of aliphatic hydroxyl groups is 1. The van der Waals surface area contributed by atoms with Crippen LogP contribution in [0, 0.1) is 0 Å². The summed E-state index contributed by atoms with van der Waals surface area (Å²) in [5.74, 6) is -0.512.